The summed E-state index contributed by atoms with van der Waals surface area (Å²) in [6.45, 7) is 2.27. The number of rotatable bonds is 3. The third kappa shape index (κ3) is 2.33. The maximum absolute atomic E-state index is 5.84. The highest BCUT2D eigenvalue weighted by atomic mass is 35.5. The molecule has 0 amide bonds. The molecule has 0 aromatic carbocycles. The first-order chi connectivity index (χ1) is 7.35. The molecule has 1 aliphatic rings. The zero-order valence-corrected chi connectivity index (χ0v) is 9.95. The Morgan fingerprint density at radius 1 is 1.53 bits per heavy atom. The van der Waals surface area contributed by atoms with Gasteiger partial charge in [-0.3, -0.25) is 0 Å². The van der Waals surface area contributed by atoms with Crippen molar-refractivity contribution in [1.82, 2.24) is 14.8 Å². The highest BCUT2D eigenvalue weighted by molar-refractivity contribution is 6.16. The summed E-state index contributed by atoms with van der Waals surface area (Å²) < 4.78 is 2.04. The number of hydrogen-bond donors (Lipinski definition) is 0. The maximum atomic E-state index is 5.84. The molecular weight excluding hydrogens is 210 g/mol. The fourth-order valence-corrected chi connectivity index (χ4v) is 2.72. The molecule has 1 saturated carbocycles. The number of aromatic nitrogens is 3. The Bertz CT molecular complexity index is 311. The Morgan fingerprint density at radius 3 is 3.13 bits per heavy atom. The number of nitrogens with zero attached hydrogens (tertiary/aromatic N) is 3. The summed E-state index contributed by atoms with van der Waals surface area (Å²) in [5, 5.41) is 4.30. The van der Waals surface area contributed by atoms with Crippen molar-refractivity contribution in [3.8, 4) is 0 Å². The van der Waals surface area contributed by atoms with E-state index >= 15 is 0 Å². The smallest absolute Gasteiger partial charge is 0.142 e. The summed E-state index contributed by atoms with van der Waals surface area (Å²) in [5.41, 5.74) is 0. The molecular formula is C11H18ClN3. The first kappa shape index (κ1) is 10.9. The lowest BCUT2D eigenvalue weighted by molar-refractivity contribution is 0.244. The Morgan fingerprint density at radius 2 is 2.40 bits per heavy atom. The molecule has 0 bridgehead atoms. The summed E-state index contributed by atoms with van der Waals surface area (Å²) in [7, 11) is 0. The van der Waals surface area contributed by atoms with Gasteiger partial charge < -0.3 is 0 Å². The van der Waals surface area contributed by atoms with Crippen LogP contribution in [0.4, 0.5) is 0 Å². The largest absolute Gasteiger partial charge is 0.246 e. The van der Waals surface area contributed by atoms with Crippen molar-refractivity contribution in [2.45, 2.75) is 50.9 Å². The van der Waals surface area contributed by atoms with Crippen LogP contribution in [0.5, 0.6) is 0 Å². The van der Waals surface area contributed by atoms with Crippen LogP contribution in [0.1, 0.15) is 50.9 Å². The molecule has 4 heteroatoms. The van der Waals surface area contributed by atoms with Crippen LogP contribution in [-0.2, 0) is 5.88 Å². The van der Waals surface area contributed by atoms with Gasteiger partial charge in [0, 0.05) is 0 Å². The molecule has 2 atom stereocenters. The van der Waals surface area contributed by atoms with E-state index in [0.29, 0.717) is 11.9 Å². The Balaban J connectivity index is 2.09. The van der Waals surface area contributed by atoms with Crippen molar-refractivity contribution in [1.29, 1.82) is 0 Å². The number of alkyl halides is 1. The third-order valence-electron chi connectivity index (χ3n) is 3.45. The van der Waals surface area contributed by atoms with E-state index in [1.54, 1.807) is 6.33 Å². The fraction of sp³-hybridized carbons (Fsp3) is 0.818. The van der Waals surface area contributed by atoms with E-state index in [9.17, 15) is 0 Å². The molecule has 2 unspecified atom stereocenters. The highest BCUT2D eigenvalue weighted by Crippen LogP contribution is 2.34. The van der Waals surface area contributed by atoms with E-state index in [2.05, 4.69) is 17.0 Å². The predicted octanol–water partition coefficient (Wildman–Crippen LogP) is 3.16. The van der Waals surface area contributed by atoms with Crippen LogP contribution in [0.25, 0.3) is 0 Å². The molecule has 0 radical (unpaired) electrons. The summed E-state index contributed by atoms with van der Waals surface area (Å²) in [5.74, 6) is 2.24. The Hall–Kier alpha value is -0.570. The van der Waals surface area contributed by atoms with Crippen LogP contribution in [0, 0.1) is 5.92 Å². The zero-order valence-electron chi connectivity index (χ0n) is 9.19. The minimum absolute atomic E-state index is 0.466. The van der Waals surface area contributed by atoms with E-state index < -0.39 is 0 Å². The van der Waals surface area contributed by atoms with Gasteiger partial charge in [0.1, 0.15) is 12.2 Å². The van der Waals surface area contributed by atoms with Crippen LogP contribution in [-0.4, -0.2) is 14.8 Å². The second kappa shape index (κ2) is 4.97. The van der Waals surface area contributed by atoms with Gasteiger partial charge in [0.15, 0.2) is 0 Å². The first-order valence-corrected chi connectivity index (χ1v) is 6.33. The highest BCUT2D eigenvalue weighted by Gasteiger charge is 2.24. The zero-order chi connectivity index (χ0) is 10.7. The first-order valence-electron chi connectivity index (χ1n) is 5.79. The lowest BCUT2D eigenvalue weighted by Crippen LogP contribution is -2.21. The Kier molecular flexibility index (Phi) is 3.62. The standard InChI is InChI=1S/C11H18ClN3/c1-2-9-4-3-5-10(6-9)15-11(7-12)13-8-14-15/h8-10H,2-7H2,1H3. The molecule has 1 aromatic heterocycles. The van der Waals surface area contributed by atoms with Gasteiger partial charge in [0.25, 0.3) is 0 Å². The lowest BCUT2D eigenvalue weighted by atomic mass is 9.84. The van der Waals surface area contributed by atoms with Crippen molar-refractivity contribution in [3.05, 3.63) is 12.2 Å². The molecule has 0 spiro atoms. The van der Waals surface area contributed by atoms with E-state index in [1.807, 2.05) is 4.68 Å². The minimum Gasteiger partial charge on any atom is -0.246 e. The van der Waals surface area contributed by atoms with Crippen LogP contribution in [0.3, 0.4) is 0 Å². The average Bonchev–Trinajstić information content (AvgIpc) is 2.77. The second-order valence-electron chi connectivity index (χ2n) is 4.35. The Labute approximate surface area is 95.8 Å². The molecule has 3 nitrogen and oxygen atoms in total. The van der Waals surface area contributed by atoms with Crippen LogP contribution in [0.15, 0.2) is 6.33 Å². The topological polar surface area (TPSA) is 30.7 Å². The molecule has 1 fully saturated rings. The van der Waals surface area contributed by atoms with Gasteiger partial charge >= 0.3 is 0 Å². The molecule has 15 heavy (non-hydrogen) atoms. The average molecular weight is 228 g/mol. The summed E-state index contributed by atoms with van der Waals surface area (Å²) in [4.78, 5) is 4.18. The molecule has 0 saturated heterocycles. The third-order valence-corrected chi connectivity index (χ3v) is 3.68. The van der Waals surface area contributed by atoms with Crippen molar-refractivity contribution < 1.29 is 0 Å². The molecule has 1 aliphatic carbocycles. The van der Waals surface area contributed by atoms with E-state index in [1.165, 1.54) is 32.1 Å². The number of hydrogen-bond acceptors (Lipinski definition) is 2. The number of halogens is 1. The maximum Gasteiger partial charge on any atom is 0.142 e. The fourth-order valence-electron chi connectivity index (χ4n) is 2.53. The monoisotopic (exact) mass is 227 g/mol. The molecule has 2 rings (SSSR count). The van der Waals surface area contributed by atoms with Crippen molar-refractivity contribution in [2.75, 3.05) is 0 Å². The minimum atomic E-state index is 0.466. The van der Waals surface area contributed by atoms with Gasteiger partial charge in [0.05, 0.1) is 11.9 Å². The van der Waals surface area contributed by atoms with Crippen molar-refractivity contribution in [2.24, 2.45) is 5.92 Å². The summed E-state index contributed by atoms with van der Waals surface area (Å²) >= 11 is 5.84. The van der Waals surface area contributed by atoms with Gasteiger partial charge in [-0.15, -0.1) is 11.6 Å². The lowest BCUT2D eigenvalue weighted by Gasteiger charge is -2.29. The molecule has 0 aliphatic heterocycles. The van der Waals surface area contributed by atoms with Crippen molar-refractivity contribution >= 4 is 11.6 Å². The van der Waals surface area contributed by atoms with E-state index in [0.717, 1.165) is 11.7 Å². The summed E-state index contributed by atoms with van der Waals surface area (Å²) in [6, 6.07) is 0.528. The predicted molar refractivity (Wildman–Crippen MR) is 60.9 cm³/mol. The van der Waals surface area contributed by atoms with Gasteiger partial charge in [-0.2, -0.15) is 5.10 Å². The quantitative estimate of drug-likeness (QED) is 0.743. The molecule has 84 valence electrons. The van der Waals surface area contributed by atoms with Gasteiger partial charge in [-0.25, -0.2) is 9.67 Å². The summed E-state index contributed by atoms with van der Waals surface area (Å²) in [6.07, 6.45) is 8.05. The van der Waals surface area contributed by atoms with E-state index in [4.69, 9.17) is 11.6 Å². The van der Waals surface area contributed by atoms with Gasteiger partial charge in [-0.1, -0.05) is 26.2 Å². The van der Waals surface area contributed by atoms with Crippen LogP contribution < -0.4 is 0 Å². The second-order valence-corrected chi connectivity index (χ2v) is 4.62. The molecule has 1 heterocycles. The SMILES string of the molecule is CCC1CCCC(n2ncnc2CCl)C1. The van der Waals surface area contributed by atoms with E-state index in [-0.39, 0.29) is 0 Å². The van der Waals surface area contributed by atoms with Crippen LogP contribution >= 0.6 is 11.6 Å². The molecule has 1 aromatic rings. The molecule has 0 N–H and O–H groups in total. The normalized spacial score (nSPS) is 26.8. The van der Waals surface area contributed by atoms with Gasteiger partial charge in [-0.05, 0) is 18.8 Å². The van der Waals surface area contributed by atoms with Gasteiger partial charge in [0.2, 0.25) is 0 Å². The van der Waals surface area contributed by atoms with Crippen LogP contribution in [0.2, 0.25) is 0 Å². The van der Waals surface area contributed by atoms with Crippen molar-refractivity contribution in [3.63, 3.8) is 0 Å².